The van der Waals surface area contributed by atoms with Crippen LogP contribution in [0.15, 0.2) is 61.2 Å². The van der Waals surface area contributed by atoms with Gasteiger partial charge in [-0.2, -0.15) is 0 Å². The topological polar surface area (TPSA) is 56.8 Å². The van der Waals surface area contributed by atoms with Gasteiger partial charge in [-0.1, -0.05) is 30.9 Å². The molecular formula is C20H19NO4. The summed E-state index contributed by atoms with van der Waals surface area (Å²) < 4.78 is 16.0. The number of ether oxygens (including phenoxy) is 3. The third kappa shape index (κ3) is 4.64. The molecule has 1 heterocycles. The van der Waals surface area contributed by atoms with E-state index < -0.39 is 0 Å². The van der Waals surface area contributed by atoms with E-state index in [0.717, 1.165) is 22.6 Å². The average Bonchev–Trinajstić information content (AvgIpc) is 3.11. The number of nitrogens with one attached hydrogen (secondary N) is 1. The zero-order valence-corrected chi connectivity index (χ0v) is 13.7. The van der Waals surface area contributed by atoms with Crippen LogP contribution in [0.5, 0.6) is 17.2 Å². The van der Waals surface area contributed by atoms with Crippen molar-refractivity contribution in [2.24, 2.45) is 0 Å². The van der Waals surface area contributed by atoms with Gasteiger partial charge in [0.25, 0.3) is 0 Å². The van der Waals surface area contributed by atoms with Crippen LogP contribution >= 0.6 is 0 Å². The summed E-state index contributed by atoms with van der Waals surface area (Å²) in [6.45, 7) is 4.74. The molecule has 0 atom stereocenters. The normalized spacial score (nSPS) is 12.2. The summed E-state index contributed by atoms with van der Waals surface area (Å²) in [5.74, 6) is 2.05. The van der Waals surface area contributed by atoms with Crippen LogP contribution in [0, 0.1) is 0 Å². The molecule has 5 nitrogen and oxygen atoms in total. The maximum atomic E-state index is 11.9. The van der Waals surface area contributed by atoms with E-state index in [1.54, 1.807) is 12.2 Å². The van der Waals surface area contributed by atoms with E-state index in [4.69, 9.17) is 14.2 Å². The summed E-state index contributed by atoms with van der Waals surface area (Å²) in [6, 6.07) is 13.1. The average molecular weight is 337 g/mol. The van der Waals surface area contributed by atoms with Gasteiger partial charge in [0.2, 0.25) is 12.7 Å². The van der Waals surface area contributed by atoms with Crippen molar-refractivity contribution >= 4 is 12.0 Å². The predicted molar refractivity (Wildman–Crippen MR) is 95.6 cm³/mol. The molecule has 1 aliphatic rings. The van der Waals surface area contributed by atoms with Gasteiger partial charge in [-0.05, 0) is 41.5 Å². The lowest BCUT2D eigenvalue weighted by Gasteiger charge is -2.04. The number of carbonyl (C=O) groups is 1. The Hall–Kier alpha value is -3.21. The van der Waals surface area contributed by atoms with Crippen LogP contribution in [0.3, 0.4) is 0 Å². The first-order chi connectivity index (χ1) is 12.2. The van der Waals surface area contributed by atoms with Gasteiger partial charge < -0.3 is 19.5 Å². The second-order valence-corrected chi connectivity index (χ2v) is 5.41. The molecule has 0 fully saturated rings. The molecule has 25 heavy (non-hydrogen) atoms. The number of fused-ring (bicyclic) bond motifs is 1. The number of carbonyl (C=O) groups excluding carboxylic acids is 1. The minimum Gasteiger partial charge on any atom is -0.490 e. The summed E-state index contributed by atoms with van der Waals surface area (Å²) in [7, 11) is 0. The number of hydrogen-bond donors (Lipinski definition) is 1. The van der Waals surface area contributed by atoms with Crippen molar-refractivity contribution in [3.63, 3.8) is 0 Å². The third-order valence-corrected chi connectivity index (χ3v) is 3.58. The number of benzene rings is 2. The fraction of sp³-hybridized carbons (Fsp3) is 0.150. The molecule has 2 aromatic rings. The minimum atomic E-state index is -0.162. The van der Waals surface area contributed by atoms with Crippen LogP contribution in [0.4, 0.5) is 0 Å². The maximum absolute atomic E-state index is 11.9. The monoisotopic (exact) mass is 337 g/mol. The Morgan fingerprint density at radius 3 is 2.76 bits per heavy atom. The molecule has 1 N–H and O–H groups in total. The fourth-order valence-corrected chi connectivity index (χ4v) is 2.30. The van der Waals surface area contributed by atoms with Gasteiger partial charge in [0.1, 0.15) is 12.4 Å². The molecule has 0 saturated heterocycles. The zero-order chi connectivity index (χ0) is 17.5. The van der Waals surface area contributed by atoms with E-state index in [0.29, 0.717) is 18.9 Å². The molecule has 2 aromatic carbocycles. The van der Waals surface area contributed by atoms with E-state index in [9.17, 15) is 4.79 Å². The Balaban J connectivity index is 1.50. The quantitative estimate of drug-likeness (QED) is 0.622. The highest BCUT2D eigenvalue weighted by Crippen LogP contribution is 2.32. The van der Waals surface area contributed by atoms with Gasteiger partial charge in [-0.25, -0.2) is 0 Å². The molecule has 0 spiro atoms. The number of hydrogen-bond acceptors (Lipinski definition) is 4. The summed E-state index contributed by atoms with van der Waals surface area (Å²) in [5.41, 5.74) is 1.87. The van der Waals surface area contributed by atoms with Crippen LogP contribution < -0.4 is 19.5 Å². The predicted octanol–water partition coefficient (Wildman–Crippen LogP) is 3.31. The molecule has 0 aromatic heterocycles. The van der Waals surface area contributed by atoms with Crippen molar-refractivity contribution in [3.05, 3.63) is 72.3 Å². The second kappa shape index (κ2) is 8.06. The molecule has 128 valence electrons. The Bertz CT molecular complexity index is 781. The van der Waals surface area contributed by atoms with E-state index in [-0.39, 0.29) is 12.7 Å². The Morgan fingerprint density at radius 2 is 1.96 bits per heavy atom. The van der Waals surface area contributed by atoms with Crippen LogP contribution in [0.2, 0.25) is 0 Å². The van der Waals surface area contributed by atoms with Crippen molar-refractivity contribution in [1.82, 2.24) is 5.32 Å². The van der Waals surface area contributed by atoms with Crippen LogP contribution in [0.1, 0.15) is 11.1 Å². The molecule has 0 radical (unpaired) electrons. The van der Waals surface area contributed by atoms with Crippen LogP contribution in [0.25, 0.3) is 6.08 Å². The summed E-state index contributed by atoms with van der Waals surface area (Å²) in [4.78, 5) is 11.9. The summed E-state index contributed by atoms with van der Waals surface area (Å²) in [5, 5.41) is 2.84. The van der Waals surface area contributed by atoms with Crippen molar-refractivity contribution in [2.45, 2.75) is 6.54 Å². The van der Waals surface area contributed by atoms with Gasteiger partial charge >= 0.3 is 0 Å². The molecule has 0 bridgehead atoms. The summed E-state index contributed by atoms with van der Waals surface area (Å²) >= 11 is 0. The first-order valence-corrected chi connectivity index (χ1v) is 7.93. The Kier molecular flexibility index (Phi) is 5.36. The first-order valence-electron chi connectivity index (χ1n) is 7.93. The summed E-state index contributed by atoms with van der Waals surface area (Å²) in [6.07, 6.45) is 4.96. The maximum Gasteiger partial charge on any atom is 0.244 e. The van der Waals surface area contributed by atoms with Gasteiger partial charge in [0.15, 0.2) is 11.5 Å². The minimum absolute atomic E-state index is 0.162. The lowest BCUT2D eigenvalue weighted by molar-refractivity contribution is -0.116. The molecule has 0 unspecified atom stereocenters. The van der Waals surface area contributed by atoms with E-state index in [2.05, 4.69) is 11.9 Å². The second-order valence-electron chi connectivity index (χ2n) is 5.41. The number of rotatable bonds is 7. The highest BCUT2D eigenvalue weighted by Gasteiger charge is 2.13. The van der Waals surface area contributed by atoms with Gasteiger partial charge in [-0.15, -0.1) is 0 Å². The molecule has 0 saturated carbocycles. The van der Waals surface area contributed by atoms with Crippen molar-refractivity contribution < 1.29 is 19.0 Å². The smallest absolute Gasteiger partial charge is 0.244 e. The molecular weight excluding hydrogens is 318 g/mol. The highest BCUT2D eigenvalue weighted by molar-refractivity contribution is 5.91. The standard InChI is InChI=1S/C20H19NO4/c1-2-11-23-17-7-3-15(4-8-17)6-10-20(22)21-13-16-5-9-18-19(12-16)25-14-24-18/h2-10,12H,1,11,13-14H2,(H,21,22)/b10-6+. The fourth-order valence-electron chi connectivity index (χ4n) is 2.30. The molecule has 3 rings (SSSR count). The molecule has 0 aliphatic carbocycles. The Labute approximate surface area is 146 Å². The third-order valence-electron chi connectivity index (χ3n) is 3.58. The van der Waals surface area contributed by atoms with E-state index in [1.165, 1.54) is 6.08 Å². The van der Waals surface area contributed by atoms with Crippen molar-refractivity contribution in [3.8, 4) is 17.2 Å². The first kappa shape index (κ1) is 16.6. The van der Waals surface area contributed by atoms with Crippen LogP contribution in [-0.2, 0) is 11.3 Å². The van der Waals surface area contributed by atoms with Crippen LogP contribution in [-0.4, -0.2) is 19.3 Å². The highest BCUT2D eigenvalue weighted by atomic mass is 16.7. The molecule has 1 aliphatic heterocycles. The number of amides is 1. The SMILES string of the molecule is C=CCOc1ccc(/C=C/C(=O)NCc2ccc3c(c2)OCO3)cc1. The molecule has 5 heteroatoms. The van der Waals surface area contributed by atoms with Gasteiger partial charge in [0, 0.05) is 12.6 Å². The Morgan fingerprint density at radius 1 is 1.16 bits per heavy atom. The largest absolute Gasteiger partial charge is 0.490 e. The lowest BCUT2D eigenvalue weighted by atomic mass is 10.2. The van der Waals surface area contributed by atoms with Crippen molar-refractivity contribution in [1.29, 1.82) is 0 Å². The van der Waals surface area contributed by atoms with E-state index >= 15 is 0 Å². The molecule has 1 amide bonds. The lowest BCUT2D eigenvalue weighted by Crippen LogP contribution is -2.20. The van der Waals surface area contributed by atoms with E-state index in [1.807, 2.05) is 42.5 Å². The van der Waals surface area contributed by atoms with Gasteiger partial charge in [-0.3, -0.25) is 4.79 Å². The van der Waals surface area contributed by atoms with Gasteiger partial charge in [0.05, 0.1) is 0 Å². The zero-order valence-electron chi connectivity index (χ0n) is 13.7. The van der Waals surface area contributed by atoms with Crippen molar-refractivity contribution in [2.75, 3.05) is 13.4 Å².